The zero-order valence-electron chi connectivity index (χ0n) is 9.45. The maximum atomic E-state index is 11.6. The number of carbonyl (C=O) groups excluding carboxylic acids is 1. The Morgan fingerprint density at radius 1 is 1.33 bits per heavy atom. The van der Waals surface area contributed by atoms with E-state index in [1.165, 1.54) is 12.8 Å². The monoisotopic (exact) mass is 228 g/mol. The average molecular weight is 228 g/mol. The molecule has 2 aliphatic heterocycles. The van der Waals surface area contributed by atoms with Crippen LogP contribution in [0, 0.1) is 0 Å². The highest BCUT2D eigenvalue weighted by molar-refractivity contribution is 7.98. The van der Waals surface area contributed by atoms with E-state index in [-0.39, 0.29) is 0 Å². The van der Waals surface area contributed by atoms with Gasteiger partial charge in [0.05, 0.1) is 0 Å². The molecule has 0 bridgehead atoms. The SMILES string of the molecule is CSCN1CCC(N2CCCC2=O)CC1. The van der Waals surface area contributed by atoms with E-state index in [9.17, 15) is 4.79 Å². The number of hydrogen-bond donors (Lipinski definition) is 0. The lowest BCUT2D eigenvalue weighted by molar-refractivity contribution is -0.130. The summed E-state index contributed by atoms with van der Waals surface area (Å²) < 4.78 is 0. The molecule has 2 fully saturated rings. The molecule has 0 atom stereocenters. The van der Waals surface area contributed by atoms with E-state index in [4.69, 9.17) is 0 Å². The van der Waals surface area contributed by atoms with Crippen molar-refractivity contribution < 1.29 is 4.79 Å². The van der Waals surface area contributed by atoms with Crippen molar-refractivity contribution >= 4 is 17.7 Å². The van der Waals surface area contributed by atoms with Crippen LogP contribution in [-0.2, 0) is 4.79 Å². The lowest BCUT2D eigenvalue weighted by atomic mass is 10.0. The van der Waals surface area contributed by atoms with Crippen LogP contribution in [0.3, 0.4) is 0 Å². The van der Waals surface area contributed by atoms with Gasteiger partial charge in [-0.1, -0.05) is 0 Å². The van der Waals surface area contributed by atoms with Gasteiger partial charge < -0.3 is 4.90 Å². The van der Waals surface area contributed by atoms with Gasteiger partial charge in [-0.25, -0.2) is 0 Å². The van der Waals surface area contributed by atoms with Crippen LogP contribution in [0.4, 0.5) is 0 Å². The van der Waals surface area contributed by atoms with Crippen molar-refractivity contribution in [1.82, 2.24) is 9.80 Å². The summed E-state index contributed by atoms with van der Waals surface area (Å²) in [5.74, 6) is 1.53. The van der Waals surface area contributed by atoms with Gasteiger partial charge in [0.25, 0.3) is 0 Å². The number of hydrogen-bond acceptors (Lipinski definition) is 3. The van der Waals surface area contributed by atoms with Gasteiger partial charge in [0.2, 0.25) is 5.91 Å². The van der Waals surface area contributed by atoms with Crippen LogP contribution < -0.4 is 0 Å². The molecular formula is C11H20N2OS. The van der Waals surface area contributed by atoms with Gasteiger partial charge in [0.15, 0.2) is 0 Å². The highest BCUT2D eigenvalue weighted by atomic mass is 32.2. The summed E-state index contributed by atoms with van der Waals surface area (Å²) in [6.45, 7) is 3.33. The Morgan fingerprint density at radius 3 is 2.60 bits per heavy atom. The number of amides is 1. The van der Waals surface area contributed by atoms with E-state index in [0.717, 1.165) is 38.4 Å². The maximum absolute atomic E-state index is 11.6. The molecule has 1 amide bonds. The minimum absolute atomic E-state index is 0.387. The largest absolute Gasteiger partial charge is 0.340 e. The van der Waals surface area contributed by atoms with E-state index in [0.29, 0.717) is 11.9 Å². The van der Waals surface area contributed by atoms with E-state index in [1.807, 2.05) is 11.8 Å². The second-order valence-corrected chi connectivity index (χ2v) is 5.29. The zero-order chi connectivity index (χ0) is 10.7. The molecule has 2 heterocycles. The smallest absolute Gasteiger partial charge is 0.222 e. The number of thioether (sulfide) groups is 1. The molecule has 0 aliphatic carbocycles. The van der Waals surface area contributed by atoms with Crippen LogP contribution in [0.2, 0.25) is 0 Å². The highest BCUT2D eigenvalue weighted by Gasteiger charge is 2.30. The van der Waals surface area contributed by atoms with E-state index in [1.54, 1.807) is 0 Å². The third kappa shape index (κ3) is 2.67. The Kier molecular flexibility index (Phi) is 3.92. The molecule has 0 spiro atoms. The molecule has 15 heavy (non-hydrogen) atoms. The third-order valence-electron chi connectivity index (χ3n) is 3.42. The number of piperidine rings is 1. The van der Waals surface area contributed by atoms with E-state index in [2.05, 4.69) is 16.1 Å². The quantitative estimate of drug-likeness (QED) is 0.729. The Bertz CT molecular complexity index is 227. The second kappa shape index (κ2) is 5.21. The first kappa shape index (κ1) is 11.3. The topological polar surface area (TPSA) is 23.6 Å². The highest BCUT2D eigenvalue weighted by Crippen LogP contribution is 2.22. The van der Waals surface area contributed by atoms with Crippen molar-refractivity contribution in [2.75, 3.05) is 31.8 Å². The normalized spacial score (nSPS) is 25.1. The van der Waals surface area contributed by atoms with Crippen molar-refractivity contribution in [2.45, 2.75) is 31.7 Å². The Morgan fingerprint density at radius 2 is 2.07 bits per heavy atom. The first-order valence-corrected chi connectivity index (χ1v) is 7.21. The van der Waals surface area contributed by atoms with Gasteiger partial charge in [-0.05, 0) is 25.5 Å². The number of carbonyl (C=O) groups is 1. The van der Waals surface area contributed by atoms with E-state index >= 15 is 0 Å². The predicted octanol–water partition coefficient (Wildman–Crippen LogP) is 1.39. The summed E-state index contributed by atoms with van der Waals surface area (Å²) in [5, 5.41) is 0. The molecule has 0 aromatic carbocycles. The molecule has 0 unspecified atom stereocenters. The summed E-state index contributed by atoms with van der Waals surface area (Å²) in [6.07, 6.45) is 6.35. The minimum Gasteiger partial charge on any atom is -0.340 e. The molecule has 0 aromatic heterocycles. The fraction of sp³-hybridized carbons (Fsp3) is 0.909. The van der Waals surface area contributed by atoms with Gasteiger partial charge in [0, 0.05) is 38.0 Å². The van der Waals surface area contributed by atoms with Gasteiger partial charge in [-0.15, -0.1) is 11.8 Å². The molecular weight excluding hydrogens is 208 g/mol. The average Bonchev–Trinajstić information content (AvgIpc) is 2.66. The first-order valence-electron chi connectivity index (χ1n) is 5.82. The Hall–Kier alpha value is -0.220. The van der Waals surface area contributed by atoms with Crippen molar-refractivity contribution in [1.29, 1.82) is 0 Å². The molecule has 2 rings (SSSR count). The molecule has 0 N–H and O–H groups in total. The maximum Gasteiger partial charge on any atom is 0.222 e. The van der Waals surface area contributed by atoms with Crippen molar-refractivity contribution in [3.63, 3.8) is 0 Å². The third-order valence-corrected chi connectivity index (χ3v) is 4.04. The number of nitrogens with zero attached hydrogens (tertiary/aromatic N) is 2. The summed E-state index contributed by atoms with van der Waals surface area (Å²) in [4.78, 5) is 16.2. The van der Waals surface area contributed by atoms with Crippen LogP contribution in [0.15, 0.2) is 0 Å². The summed E-state index contributed by atoms with van der Waals surface area (Å²) in [6, 6.07) is 0.540. The second-order valence-electron chi connectivity index (χ2n) is 4.46. The summed E-state index contributed by atoms with van der Waals surface area (Å²) in [5.41, 5.74) is 0. The van der Waals surface area contributed by atoms with Crippen LogP contribution in [0.5, 0.6) is 0 Å². The molecule has 2 aliphatic rings. The summed E-state index contributed by atoms with van der Waals surface area (Å²) in [7, 11) is 0. The van der Waals surface area contributed by atoms with Crippen molar-refractivity contribution in [2.24, 2.45) is 0 Å². The number of rotatable bonds is 3. The first-order chi connectivity index (χ1) is 7.31. The van der Waals surface area contributed by atoms with Crippen LogP contribution in [-0.4, -0.2) is 53.5 Å². The molecule has 0 aromatic rings. The molecule has 0 saturated carbocycles. The molecule has 0 radical (unpaired) electrons. The standard InChI is InChI=1S/C11H20N2OS/c1-15-9-12-7-4-10(5-8-12)13-6-2-3-11(13)14/h10H,2-9H2,1H3. The molecule has 4 heteroatoms. The predicted molar refractivity (Wildman–Crippen MR) is 63.9 cm³/mol. The zero-order valence-corrected chi connectivity index (χ0v) is 10.3. The van der Waals surface area contributed by atoms with Crippen LogP contribution in [0.25, 0.3) is 0 Å². The van der Waals surface area contributed by atoms with Crippen LogP contribution >= 0.6 is 11.8 Å². The minimum atomic E-state index is 0.387. The van der Waals surface area contributed by atoms with Crippen LogP contribution in [0.1, 0.15) is 25.7 Å². The van der Waals surface area contributed by atoms with Gasteiger partial charge in [-0.3, -0.25) is 9.69 Å². The Labute approximate surface area is 96.2 Å². The Balaban J connectivity index is 1.80. The lowest BCUT2D eigenvalue weighted by Gasteiger charge is -2.36. The van der Waals surface area contributed by atoms with Crippen molar-refractivity contribution in [3.05, 3.63) is 0 Å². The van der Waals surface area contributed by atoms with E-state index < -0.39 is 0 Å². The molecule has 86 valence electrons. The molecule has 2 saturated heterocycles. The summed E-state index contributed by atoms with van der Waals surface area (Å²) >= 11 is 1.89. The van der Waals surface area contributed by atoms with Gasteiger partial charge in [-0.2, -0.15) is 0 Å². The van der Waals surface area contributed by atoms with Crippen molar-refractivity contribution in [3.8, 4) is 0 Å². The fourth-order valence-electron chi connectivity index (χ4n) is 2.60. The fourth-order valence-corrected chi connectivity index (χ4v) is 3.22. The van der Waals surface area contributed by atoms with Gasteiger partial charge >= 0.3 is 0 Å². The number of likely N-dealkylation sites (tertiary alicyclic amines) is 2. The molecule has 3 nitrogen and oxygen atoms in total. The van der Waals surface area contributed by atoms with Gasteiger partial charge in [0.1, 0.15) is 0 Å². The lowest BCUT2D eigenvalue weighted by Crippen LogP contribution is -2.45.